The van der Waals surface area contributed by atoms with E-state index in [0.717, 1.165) is 24.3 Å². The summed E-state index contributed by atoms with van der Waals surface area (Å²) >= 11 is 8.12. The van der Waals surface area contributed by atoms with Crippen LogP contribution >= 0.6 is 22.9 Å². The minimum absolute atomic E-state index is 0.296. The molecule has 1 unspecified atom stereocenters. The summed E-state index contributed by atoms with van der Waals surface area (Å²) in [6, 6.07) is 2.51. The number of hydrogen-bond donors (Lipinski definition) is 0. The van der Waals surface area contributed by atoms with E-state index >= 15 is 0 Å². The Kier molecular flexibility index (Phi) is 2.90. The highest BCUT2D eigenvalue weighted by atomic mass is 35.5. The van der Waals surface area contributed by atoms with E-state index in [4.69, 9.17) is 11.6 Å². The first-order chi connectivity index (χ1) is 10.2. The van der Waals surface area contributed by atoms with E-state index in [1.54, 1.807) is 4.52 Å². The molecule has 0 saturated carbocycles. The van der Waals surface area contributed by atoms with Crippen molar-refractivity contribution in [1.82, 2.24) is 19.6 Å². The maximum atomic E-state index is 6.28. The van der Waals surface area contributed by atoms with Crippen molar-refractivity contribution in [3.63, 3.8) is 0 Å². The van der Waals surface area contributed by atoms with Crippen molar-refractivity contribution >= 4 is 34.5 Å². The quantitative estimate of drug-likeness (QED) is 0.646. The molecule has 0 spiro atoms. The number of thiophene rings is 1. The molecular weight excluding hydrogens is 306 g/mol. The van der Waals surface area contributed by atoms with Crippen LogP contribution in [-0.4, -0.2) is 26.1 Å². The summed E-state index contributed by atoms with van der Waals surface area (Å²) < 4.78 is 1.79. The van der Waals surface area contributed by atoms with E-state index in [-0.39, 0.29) is 0 Å². The van der Waals surface area contributed by atoms with E-state index in [1.807, 2.05) is 18.3 Å². The van der Waals surface area contributed by atoms with E-state index in [0.29, 0.717) is 17.0 Å². The van der Waals surface area contributed by atoms with Gasteiger partial charge in [-0.05, 0) is 37.3 Å². The standard InChI is InChI=1S/C14H14ClN5S/c1-8-12(15)18-14-16-7-17-20(14)13(8)19-5-3-11-10(9(19)2)4-6-21-11/h4,6-7,9H,3,5H2,1-2H3. The van der Waals surface area contributed by atoms with Gasteiger partial charge in [0.05, 0.1) is 6.04 Å². The van der Waals surface area contributed by atoms with Crippen LogP contribution in [0.15, 0.2) is 17.8 Å². The average molecular weight is 320 g/mol. The van der Waals surface area contributed by atoms with E-state index < -0.39 is 0 Å². The van der Waals surface area contributed by atoms with Crippen molar-refractivity contribution in [1.29, 1.82) is 0 Å². The first-order valence-electron chi connectivity index (χ1n) is 6.85. The lowest BCUT2D eigenvalue weighted by Gasteiger charge is -2.36. The highest BCUT2D eigenvalue weighted by Gasteiger charge is 2.28. The maximum absolute atomic E-state index is 6.28. The Morgan fingerprint density at radius 3 is 3.14 bits per heavy atom. The molecule has 1 atom stereocenters. The maximum Gasteiger partial charge on any atom is 0.255 e. The smallest absolute Gasteiger partial charge is 0.255 e. The number of halogens is 1. The Hall–Kier alpha value is -1.66. The van der Waals surface area contributed by atoms with Crippen LogP contribution in [0.25, 0.3) is 5.78 Å². The number of fused-ring (bicyclic) bond motifs is 2. The van der Waals surface area contributed by atoms with Gasteiger partial charge in [0.2, 0.25) is 0 Å². The molecule has 0 saturated heterocycles. The molecule has 7 heteroatoms. The Balaban J connectivity index is 1.91. The van der Waals surface area contributed by atoms with Gasteiger partial charge in [0.25, 0.3) is 5.78 Å². The predicted molar refractivity (Wildman–Crippen MR) is 84.3 cm³/mol. The van der Waals surface area contributed by atoms with Crippen LogP contribution in [0.5, 0.6) is 0 Å². The fraction of sp³-hybridized carbons (Fsp3) is 0.357. The molecule has 4 heterocycles. The SMILES string of the molecule is Cc1c(Cl)nc2ncnn2c1N1CCc2sccc2C1C. The van der Waals surface area contributed by atoms with Crippen molar-refractivity contribution in [3.8, 4) is 0 Å². The van der Waals surface area contributed by atoms with Gasteiger partial charge in [-0.1, -0.05) is 11.6 Å². The highest BCUT2D eigenvalue weighted by molar-refractivity contribution is 7.10. The lowest BCUT2D eigenvalue weighted by Crippen LogP contribution is -2.35. The first kappa shape index (κ1) is 13.0. The molecule has 0 fully saturated rings. The van der Waals surface area contributed by atoms with Crippen LogP contribution in [0.1, 0.15) is 29.0 Å². The monoisotopic (exact) mass is 319 g/mol. The van der Waals surface area contributed by atoms with Crippen LogP contribution < -0.4 is 4.90 Å². The summed E-state index contributed by atoms with van der Waals surface area (Å²) in [5, 5.41) is 6.98. The summed E-state index contributed by atoms with van der Waals surface area (Å²) in [7, 11) is 0. The zero-order valence-corrected chi connectivity index (χ0v) is 13.3. The first-order valence-corrected chi connectivity index (χ1v) is 8.11. The molecule has 0 aromatic carbocycles. The zero-order valence-electron chi connectivity index (χ0n) is 11.7. The summed E-state index contributed by atoms with van der Waals surface area (Å²) in [6.07, 6.45) is 2.57. The van der Waals surface area contributed by atoms with Crippen LogP contribution in [0.3, 0.4) is 0 Å². The second-order valence-corrected chi connectivity index (χ2v) is 6.60. The van der Waals surface area contributed by atoms with Crippen LogP contribution in [-0.2, 0) is 6.42 Å². The Labute approximate surface area is 131 Å². The third-order valence-corrected chi connectivity index (χ3v) is 5.49. The lowest BCUT2D eigenvalue weighted by atomic mass is 10.0. The third-order valence-electron chi connectivity index (χ3n) is 4.12. The predicted octanol–water partition coefficient (Wildman–Crippen LogP) is 3.27. The van der Waals surface area contributed by atoms with Gasteiger partial charge in [0.15, 0.2) is 0 Å². The number of aromatic nitrogens is 4. The summed E-state index contributed by atoms with van der Waals surface area (Å²) in [5.74, 6) is 1.54. The van der Waals surface area contributed by atoms with Crippen molar-refractivity contribution in [2.24, 2.45) is 0 Å². The number of anilines is 1. The molecule has 0 N–H and O–H groups in total. The molecule has 0 amide bonds. The fourth-order valence-electron chi connectivity index (χ4n) is 3.02. The van der Waals surface area contributed by atoms with E-state index in [1.165, 1.54) is 16.8 Å². The van der Waals surface area contributed by atoms with Gasteiger partial charge >= 0.3 is 0 Å². The average Bonchev–Trinajstić information content (AvgIpc) is 3.10. The van der Waals surface area contributed by atoms with Crippen molar-refractivity contribution in [3.05, 3.63) is 38.9 Å². The number of rotatable bonds is 1. The third kappa shape index (κ3) is 1.86. The van der Waals surface area contributed by atoms with Gasteiger partial charge < -0.3 is 4.90 Å². The molecule has 0 bridgehead atoms. The summed E-state index contributed by atoms with van der Waals surface area (Å²) in [4.78, 5) is 12.3. The molecule has 3 aromatic rings. The minimum atomic E-state index is 0.296. The fourth-order valence-corrected chi connectivity index (χ4v) is 4.14. The van der Waals surface area contributed by atoms with Crippen LogP contribution in [0, 0.1) is 6.92 Å². The largest absolute Gasteiger partial charge is 0.349 e. The van der Waals surface area contributed by atoms with Crippen molar-refractivity contribution in [2.75, 3.05) is 11.4 Å². The van der Waals surface area contributed by atoms with Gasteiger partial charge in [-0.2, -0.15) is 19.6 Å². The van der Waals surface area contributed by atoms with Crippen LogP contribution in [0.4, 0.5) is 5.82 Å². The van der Waals surface area contributed by atoms with Gasteiger partial charge in [0.1, 0.15) is 17.3 Å². The molecule has 108 valence electrons. The Morgan fingerprint density at radius 1 is 1.43 bits per heavy atom. The number of hydrogen-bond acceptors (Lipinski definition) is 5. The van der Waals surface area contributed by atoms with Crippen molar-refractivity contribution in [2.45, 2.75) is 26.3 Å². The second kappa shape index (κ2) is 4.68. The topological polar surface area (TPSA) is 46.3 Å². The normalized spacial score (nSPS) is 18.2. The second-order valence-electron chi connectivity index (χ2n) is 5.24. The number of nitrogens with zero attached hydrogens (tertiary/aromatic N) is 5. The molecule has 4 rings (SSSR count). The molecule has 3 aromatic heterocycles. The van der Waals surface area contributed by atoms with Gasteiger partial charge in [-0.15, -0.1) is 11.3 Å². The van der Waals surface area contributed by atoms with Crippen molar-refractivity contribution < 1.29 is 0 Å². The Morgan fingerprint density at radius 2 is 2.29 bits per heavy atom. The molecule has 21 heavy (non-hydrogen) atoms. The lowest BCUT2D eigenvalue weighted by molar-refractivity contribution is 0.612. The highest BCUT2D eigenvalue weighted by Crippen LogP contribution is 2.38. The van der Waals surface area contributed by atoms with Gasteiger partial charge in [-0.3, -0.25) is 0 Å². The molecule has 0 radical (unpaired) electrons. The molecule has 0 aliphatic carbocycles. The molecule has 1 aliphatic rings. The van der Waals surface area contributed by atoms with Gasteiger partial charge in [-0.25, -0.2) is 0 Å². The van der Waals surface area contributed by atoms with E-state index in [9.17, 15) is 0 Å². The summed E-state index contributed by atoms with van der Waals surface area (Å²) in [5.41, 5.74) is 2.34. The molecular formula is C14H14ClN5S. The Bertz CT molecular complexity index is 824. The summed E-state index contributed by atoms with van der Waals surface area (Å²) in [6.45, 7) is 5.16. The minimum Gasteiger partial charge on any atom is -0.349 e. The van der Waals surface area contributed by atoms with Crippen LogP contribution in [0.2, 0.25) is 5.15 Å². The van der Waals surface area contributed by atoms with Gasteiger partial charge in [0, 0.05) is 17.0 Å². The molecule has 1 aliphatic heterocycles. The zero-order chi connectivity index (χ0) is 14.6. The molecule has 5 nitrogen and oxygen atoms in total. The van der Waals surface area contributed by atoms with E-state index in [2.05, 4.69) is 38.3 Å².